The zero-order valence-electron chi connectivity index (χ0n) is 21.7. The van der Waals surface area contributed by atoms with Crippen molar-refractivity contribution in [2.24, 2.45) is 5.92 Å². The number of para-hydroxylation sites is 2. The monoisotopic (exact) mass is 534 g/mol. The fourth-order valence-corrected chi connectivity index (χ4v) is 4.74. The lowest BCUT2D eigenvalue weighted by molar-refractivity contribution is -0.120. The zero-order valence-corrected chi connectivity index (χ0v) is 22.4. The fraction of sp³-hybridized carbons (Fsp3) is 0.267. The lowest BCUT2D eigenvalue weighted by atomic mass is 9.88. The summed E-state index contributed by atoms with van der Waals surface area (Å²) in [7, 11) is 0. The van der Waals surface area contributed by atoms with Gasteiger partial charge in [0.05, 0.1) is 23.0 Å². The van der Waals surface area contributed by atoms with Gasteiger partial charge in [-0.2, -0.15) is 0 Å². The third-order valence-electron chi connectivity index (χ3n) is 6.80. The van der Waals surface area contributed by atoms with E-state index in [1.165, 1.54) is 18.2 Å². The number of nitrogen functional groups attached to an aromatic ring is 1. The highest BCUT2D eigenvalue weighted by Gasteiger charge is 2.42. The largest absolute Gasteiger partial charge is 0.397 e. The van der Waals surface area contributed by atoms with Gasteiger partial charge >= 0.3 is 0 Å². The Labute approximate surface area is 227 Å². The Morgan fingerprint density at radius 2 is 1.71 bits per heavy atom. The van der Waals surface area contributed by atoms with E-state index in [0.29, 0.717) is 24.5 Å². The van der Waals surface area contributed by atoms with Gasteiger partial charge in [0.25, 0.3) is 0 Å². The van der Waals surface area contributed by atoms with Crippen LogP contribution in [0.25, 0.3) is 6.08 Å². The SMILES string of the molecule is CC(C)(C)N1CC(C(=O)Nc2ccc(Cl)cc2F)C(c2ccc(C=CC(=O)Nc3ccccc3N)cc2)C1. The molecule has 8 heteroatoms. The molecule has 0 spiro atoms. The van der Waals surface area contributed by atoms with Crippen LogP contribution in [0.1, 0.15) is 37.8 Å². The van der Waals surface area contributed by atoms with Crippen LogP contribution in [0.5, 0.6) is 0 Å². The Morgan fingerprint density at radius 1 is 1.00 bits per heavy atom. The second-order valence-electron chi connectivity index (χ2n) is 10.5. The second-order valence-corrected chi connectivity index (χ2v) is 10.9. The molecule has 3 aromatic rings. The summed E-state index contributed by atoms with van der Waals surface area (Å²) in [6.45, 7) is 7.60. The molecular formula is C30H32ClFN4O2. The predicted octanol–water partition coefficient (Wildman–Crippen LogP) is 6.17. The summed E-state index contributed by atoms with van der Waals surface area (Å²) in [5.41, 5.74) is 8.78. The van der Waals surface area contributed by atoms with Crippen molar-refractivity contribution < 1.29 is 14.0 Å². The smallest absolute Gasteiger partial charge is 0.248 e. The predicted molar refractivity (Wildman–Crippen MR) is 153 cm³/mol. The minimum Gasteiger partial charge on any atom is -0.397 e. The van der Waals surface area contributed by atoms with Crippen molar-refractivity contribution in [1.82, 2.24) is 4.90 Å². The molecule has 198 valence electrons. The van der Waals surface area contributed by atoms with E-state index in [0.717, 1.165) is 11.1 Å². The number of likely N-dealkylation sites (tertiary alicyclic amines) is 1. The van der Waals surface area contributed by atoms with Gasteiger partial charge in [-0.25, -0.2) is 4.39 Å². The van der Waals surface area contributed by atoms with Crippen LogP contribution < -0.4 is 16.4 Å². The number of carbonyl (C=O) groups is 2. The molecule has 0 saturated carbocycles. The fourth-order valence-electron chi connectivity index (χ4n) is 4.58. The summed E-state index contributed by atoms with van der Waals surface area (Å²) in [6, 6.07) is 19.1. The molecule has 1 aliphatic heterocycles. The number of nitrogens with zero attached hydrogens (tertiary/aromatic N) is 1. The van der Waals surface area contributed by atoms with E-state index in [1.54, 1.807) is 36.4 Å². The molecule has 2 unspecified atom stereocenters. The Bertz CT molecular complexity index is 1350. The average Bonchev–Trinajstić information content (AvgIpc) is 3.33. The van der Waals surface area contributed by atoms with Gasteiger partial charge in [0.15, 0.2) is 0 Å². The molecule has 0 aromatic heterocycles. The lowest BCUT2D eigenvalue weighted by Gasteiger charge is -2.31. The third kappa shape index (κ3) is 6.60. The van der Waals surface area contributed by atoms with Crippen LogP contribution in [0.3, 0.4) is 0 Å². The van der Waals surface area contributed by atoms with Gasteiger partial charge in [0.1, 0.15) is 5.82 Å². The van der Waals surface area contributed by atoms with Crippen molar-refractivity contribution in [2.75, 3.05) is 29.5 Å². The van der Waals surface area contributed by atoms with Crippen LogP contribution in [0.2, 0.25) is 5.02 Å². The van der Waals surface area contributed by atoms with Gasteiger partial charge in [-0.05, 0) is 68.3 Å². The molecule has 2 atom stereocenters. The molecule has 4 N–H and O–H groups in total. The van der Waals surface area contributed by atoms with E-state index in [1.807, 2.05) is 24.3 Å². The van der Waals surface area contributed by atoms with Gasteiger partial charge in [0, 0.05) is 35.6 Å². The number of hydrogen-bond donors (Lipinski definition) is 3. The maximum absolute atomic E-state index is 14.3. The van der Waals surface area contributed by atoms with Crippen LogP contribution in [0.4, 0.5) is 21.5 Å². The van der Waals surface area contributed by atoms with Gasteiger partial charge in [-0.15, -0.1) is 0 Å². The van der Waals surface area contributed by atoms with Crippen molar-refractivity contribution in [3.63, 3.8) is 0 Å². The first-order valence-electron chi connectivity index (χ1n) is 12.5. The van der Waals surface area contributed by atoms with Crippen molar-refractivity contribution >= 4 is 46.6 Å². The number of benzene rings is 3. The first-order valence-corrected chi connectivity index (χ1v) is 12.8. The van der Waals surface area contributed by atoms with Gasteiger partial charge in [-0.1, -0.05) is 48.0 Å². The highest BCUT2D eigenvalue weighted by molar-refractivity contribution is 6.30. The topological polar surface area (TPSA) is 87.5 Å². The molecule has 1 fully saturated rings. The van der Waals surface area contributed by atoms with Crippen molar-refractivity contribution in [3.05, 3.63) is 94.8 Å². The highest BCUT2D eigenvalue weighted by atomic mass is 35.5. The van der Waals surface area contributed by atoms with E-state index in [9.17, 15) is 14.0 Å². The maximum Gasteiger partial charge on any atom is 0.248 e. The Kier molecular flexibility index (Phi) is 8.19. The summed E-state index contributed by atoms with van der Waals surface area (Å²) in [5, 5.41) is 5.79. The Morgan fingerprint density at radius 3 is 2.37 bits per heavy atom. The molecule has 6 nitrogen and oxygen atoms in total. The van der Waals surface area contributed by atoms with Crippen molar-refractivity contribution in [3.8, 4) is 0 Å². The number of halogens is 2. The van der Waals surface area contributed by atoms with Crippen LogP contribution >= 0.6 is 11.6 Å². The number of amides is 2. The van der Waals surface area contributed by atoms with Crippen LogP contribution in [0.15, 0.2) is 72.8 Å². The van der Waals surface area contributed by atoms with E-state index in [4.69, 9.17) is 17.3 Å². The minimum absolute atomic E-state index is 0.0769. The number of nitrogens with one attached hydrogen (secondary N) is 2. The quantitative estimate of drug-likeness (QED) is 0.261. The molecule has 1 heterocycles. The number of hydrogen-bond acceptors (Lipinski definition) is 4. The number of carbonyl (C=O) groups excluding carboxylic acids is 2. The normalized spacial score (nSPS) is 18.0. The van der Waals surface area contributed by atoms with Gasteiger partial charge in [0.2, 0.25) is 11.8 Å². The first-order chi connectivity index (χ1) is 18.0. The molecule has 4 rings (SSSR count). The Hall–Kier alpha value is -3.68. The molecule has 0 bridgehead atoms. The molecule has 38 heavy (non-hydrogen) atoms. The van der Waals surface area contributed by atoms with E-state index >= 15 is 0 Å². The summed E-state index contributed by atoms with van der Waals surface area (Å²) < 4.78 is 14.3. The minimum atomic E-state index is -0.566. The van der Waals surface area contributed by atoms with Crippen molar-refractivity contribution in [2.45, 2.75) is 32.2 Å². The van der Waals surface area contributed by atoms with Crippen molar-refractivity contribution in [1.29, 1.82) is 0 Å². The highest BCUT2D eigenvalue weighted by Crippen LogP contribution is 2.37. The standard InChI is InChI=1S/C30H32ClFN4O2/c1-30(2,3)36-17-22(23(18-36)29(38)35-26-14-13-21(31)16-24(26)32)20-11-8-19(9-12-20)10-15-28(37)34-27-7-5-4-6-25(27)33/h4-16,22-23H,17-18,33H2,1-3H3,(H,34,37)(H,35,38). The zero-order chi connectivity index (χ0) is 27.4. The molecule has 0 aliphatic carbocycles. The molecule has 2 amide bonds. The third-order valence-corrected chi connectivity index (χ3v) is 7.04. The maximum atomic E-state index is 14.3. The van der Waals surface area contributed by atoms with Crippen LogP contribution in [-0.2, 0) is 9.59 Å². The molecule has 3 aromatic carbocycles. The Balaban J connectivity index is 1.48. The average molecular weight is 535 g/mol. The summed E-state index contributed by atoms with van der Waals surface area (Å²) in [5.74, 6) is -1.53. The number of rotatable bonds is 6. The van der Waals surface area contributed by atoms with E-state index < -0.39 is 5.82 Å². The second kappa shape index (κ2) is 11.4. The van der Waals surface area contributed by atoms with E-state index in [2.05, 4.69) is 36.3 Å². The van der Waals surface area contributed by atoms with Gasteiger partial charge in [-0.3, -0.25) is 14.5 Å². The molecule has 1 aliphatic rings. The lowest BCUT2D eigenvalue weighted by Crippen LogP contribution is -2.40. The molecule has 1 saturated heterocycles. The number of nitrogens with two attached hydrogens (primary N) is 1. The summed E-state index contributed by atoms with van der Waals surface area (Å²) in [6.07, 6.45) is 3.18. The molecule has 0 radical (unpaired) electrons. The van der Waals surface area contributed by atoms with Gasteiger partial charge < -0.3 is 16.4 Å². The van der Waals surface area contributed by atoms with E-state index in [-0.39, 0.29) is 39.9 Å². The first kappa shape index (κ1) is 27.4. The van der Waals surface area contributed by atoms with Crippen LogP contribution in [0, 0.1) is 11.7 Å². The van der Waals surface area contributed by atoms with Crippen LogP contribution in [-0.4, -0.2) is 35.3 Å². The number of anilines is 3. The summed E-state index contributed by atoms with van der Waals surface area (Å²) >= 11 is 5.86. The molecular weight excluding hydrogens is 503 g/mol. The summed E-state index contributed by atoms with van der Waals surface area (Å²) in [4.78, 5) is 27.9.